The molecule has 1 aromatic carbocycles. The molecule has 11 heteroatoms. The zero-order chi connectivity index (χ0) is 24.2. The number of methoxy groups -OCH3 is 1. The summed E-state index contributed by atoms with van der Waals surface area (Å²) in [5.74, 6) is 0.518. The minimum atomic E-state index is -0.881. The van der Waals surface area contributed by atoms with Crippen molar-refractivity contribution in [3.63, 3.8) is 0 Å². The zero-order valence-electron chi connectivity index (χ0n) is 19.7. The van der Waals surface area contributed by atoms with E-state index < -0.39 is 11.4 Å². The van der Waals surface area contributed by atoms with Crippen LogP contribution in [-0.2, 0) is 0 Å². The molecule has 3 N–H and O–H groups in total. The first-order valence-electron chi connectivity index (χ1n) is 11.4. The molecule has 3 aromatic heterocycles. The number of nitrogens with zero attached hydrogens (tertiary/aromatic N) is 7. The Kier molecular flexibility index (Phi) is 5.31. The lowest BCUT2D eigenvalue weighted by Crippen LogP contribution is -2.34. The molecule has 0 saturated carbocycles. The Morgan fingerprint density at radius 1 is 1.29 bits per heavy atom. The number of piperidine rings is 1. The van der Waals surface area contributed by atoms with Crippen LogP contribution in [0.4, 0.5) is 16.0 Å². The van der Waals surface area contributed by atoms with Crippen molar-refractivity contribution >= 4 is 28.2 Å². The molecule has 0 aliphatic carbocycles. The summed E-state index contributed by atoms with van der Waals surface area (Å²) in [6.45, 7) is 7.10. The van der Waals surface area contributed by atoms with Crippen LogP contribution in [0.5, 0.6) is 5.75 Å². The van der Waals surface area contributed by atoms with Crippen molar-refractivity contribution in [2.75, 3.05) is 30.8 Å². The predicted octanol–water partition coefficient (Wildman–Crippen LogP) is 2.92. The van der Waals surface area contributed by atoms with Gasteiger partial charge in [0, 0.05) is 36.7 Å². The van der Waals surface area contributed by atoms with Crippen molar-refractivity contribution in [1.29, 1.82) is 0 Å². The monoisotopic (exact) mass is 468 g/mol. The van der Waals surface area contributed by atoms with Gasteiger partial charge in [-0.2, -0.15) is 9.61 Å². The Morgan fingerprint density at radius 2 is 2.09 bits per heavy atom. The average molecular weight is 469 g/mol. The number of halogens is 1. The first kappa shape index (κ1) is 22.3. The summed E-state index contributed by atoms with van der Waals surface area (Å²) in [4.78, 5) is 11.4. The van der Waals surface area contributed by atoms with E-state index in [0.29, 0.717) is 28.9 Å². The van der Waals surface area contributed by atoms with Gasteiger partial charge in [-0.25, -0.2) is 14.4 Å². The number of hydrogen-bond donors (Lipinski definition) is 2. The van der Waals surface area contributed by atoms with Gasteiger partial charge in [0.25, 0.3) is 0 Å². The molecule has 1 fully saturated rings. The fourth-order valence-corrected chi connectivity index (χ4v) is 4.43. The molecule has 2 unspecified atom stereocenters. The molecule has 10 nitrogen and oxygen atoms in total. The molecular weight excluding hydrogens is 439 g/mol. The van der Waals surface area contributed by atoms with Crippen LogP contribution < -0.4 is 15.4 Å². The average Bonchev–Trinajstić information content (AvgIpc) is 3.47. The summed E-state index contributed by atoms with van der Waals surface area (Å²) in [6, 6.07) is 2.72. The van der Waals surface area contributed by atoms with E-state index in [9.17, 15) is 9.50 Å². The summed E-state index contributed by atoms with van der Waals surface area (Å²) in [5.41, 5.74) is 7.24. The highest BCUT2D eigenvalue weighted by Crippen LogP contribution is 2.32. The fraction of sp³-hybridized carbons (Fsp3) is 0.478. The molecule has 4 aromatic rings. The number of hydrogen-bond acceptors (Lipinski definition) is 8. The number of nitrogens with two attached hydrogens (primary N) is 1. The van der Waals surface area contributed by atoms with E-state index >= 15 is 0 Å². The standard InChI is InChI=1S/C23H29FN8O2/c1-13(23(2,3)33)31-12-15(10-26-31)30-7-5-6-14(11-30)20-28-21-16-8-17(24)19(34-4)9-18(16)27-22(25)32(21)29-20/h8-10,12-14,33H,5-7,11H2,1-4H3,(H2,25,27). The first-order valence-corrected chi connectivity index (χ1v) is 11.4. The molecule has 0 amide bonds. The smallest absolute Gasteiger partial charge is 0.223 e. The highest BCUT2D eigenvalue weighted by molar-refractivity contribution is 5.93. The lowest BCUT2D eigenvalue weighted by Gasteiger charge is -2.32. The minimum absolute atomic E-state index is 0.0706. The SMILES string of the molecule is COc1cc2nc(N)n3nc(C4CCCN(c5cnn(C(C)C(C)(C)O)c5)C4)nc3c2cc1F. The van der Waals surface area contributed by atoms with E-state index in [2.05, 4.69) is 20.1 Å². The van der Waals surface area contributed by atoms with Crippen LogP contribution in [-0.4, -0.2) is 60.3 Å². The number of aliphatic hydroxyl groups is 1. The first-order chi connectivity index (χ1) is 16.2. The molecule has 0 bridgehead atoms. The number of fused-ring (bicyclic) bond motifs is 3. The Labute approximate surface area is 196 Å². The van der Waals surface area contributed by atoms with Gasteiger partial charge in [0.2, 0.25) is 5.95 Å². The second kappa shape index (κ2) is 8.08. The van der Waals surface area contributed by atoms with Gasteiger partial charge in [0.05, 0.1) is 36.2 Å². The lowest BCUT2D eigenvalue weighted by molar-refractivity contribution is 0.0258. The molecule has 180 valence electrons. The van der Waals surface area contributed by atoms with Gasteiger partial charge in [-0.05, 0) is 39.7 Å². The predicted molar refractivity (Wildman–Crippen MR) is 127 cm³/mol. The van der Waals surface area contributed by atoms with Gasteiger partial charge in [-0.15, -0.1) is 5.10 Å². The van der Waals surface area contributed by atoms with Crippen LogP contribution in [0, 0.1) is 5.82 Å². The third-order valence-corrected chi connectivity index (χ3v) is 6.75. The molecule has 1 aliphatic heterocycles. The van der Waals surface area contributed by atoms with Gasteiger partial charge < -0.3 is 20.5 Å². The maximum Gasteiger partial charge on any atom is 0.223 e. The number of anilines is 2. The quantitative estimate of drug-likeness (QED) is 0.459. The summed E-state index contributed by atoms with van der Waals surface area (Å²) >= 11 is 0. The Bertz CT molecular complexity index is 1360. The number of benzene rings is 1. The molecular formula is C23H29FN8O2. The van der Waals surface area contributed by atoms with E-state index in [0.717, 1.165) is 25.1 Å². The van der Waals surface area contributed by atoms with E-state index in [1.54, 1.807) is 18.5 Å². The maximum absolute atomic E-state index is 14.4. The number of rotatable bonds is 5. The highest BCUT2D eigenvalue weighted by Gasteiger charge is 2.29. The van der Waals surface area contributed by atoms with Crippen molar-refractivity contribution < 1.29 is 14.2 Å². The maximum atomic E-state index is 14.4. The van der Waals surface area contributed by atoms with Gasteiger partial charge in [-0.1, -0.05) is 0 Å². The van der Waals surface area contributed by atoms with Crippen LogP contribution in [0.2, 0.25) is 0 Å². The van der Waals surface area contributed by atoms with Crippen molar-refractivity contribution in [2.45, 2.75) is 51.2 Å². The third kappa shape index (κ3) is 3.79. The van der Waals surface area contributed by atoms with E-state index in [-0.39, 0.29) is 23.7 Å². The van der Waals surface area contributed by atoms with E-state index in [4.69, 9.17) is 15.5 Å². The Hall–Kier alpha value is -3.47. The summed E-state index contributed by atoms with van der Waals surface area (Å²) in [6.07, 6.45) is 5.68. The Balaban J connectivity index is 1.46. The topological polar surface area (TPSA) is 120 Å². The van der Waals surface area contributed by atoms with Crippen molar-refractivity contribution in [2.24, 2.45) is 0 Å². The van der Waals surface area contributed by atoms with Gasteiger partial charge in [-0.3, -0.25) is 4.68 Å². The zero-order valence-corrected chi connectivity index (χ0v) is 19.7. The van der Waals surface area contributed by atoms with Crippen molar-refractivity contribution in [3.05, 3.63) is 36.2 Å². The van der Waals surface area contributed by atoms with Crippen molar-refractivity contribution in [3.8, 4) is 5.75 Å². The lowest BCUT2D eigenvalue weighted by atomic mass is 9.97. The van der Waals surface area contributed by atoms with Crippen LogP contribution in [0.25, 0.3) is 16.6 Å². The van der Waals surface area contributed by atoms with Crippen LogP contribution in [0.15, 0.2) is 24.5 Å². The van der Waals surface area contributed by atoms with Crippen molar-refractivity contribution in [1.82, 2.24) is 29.4 Å². The second-order valence-electron chi connectivity index (χ2n) is 9.47. The molecule has 1 saturated heterocycles. The summed E-state index contributed by atoms with van der Waals surface area (Å²) < 4.78 is 22.8. The van der Waals surface area contributed by atoms with Gasteiger partial charge in [0.1, 0.15) is 0 Å². The third-order valence-electron chi connectivity index (χ3n) is 6.75. The molecule has 34 heavy (non-hydrogen) atoms. The normalized spacial score (nSPS) is 18.1. The summed E-state index contributed by atoms with van der Waals surface area (Å²) in [7, 11) is 1.41. The van der Waals surface area contributed by atoms with E-state index in [1.165, 1.54) is 23.8 Å². The number of aromatic nitrogens is 6. The van der Waals surface area contributed by atoms with Crippen LogP contribution in [0.1, 0.15) is 51.4 Å². The number of ether oxygens (including phenoxy) is 1. The summed E-state index contributed by atoms with van der Waals surface area (Å²) in [5, 5.41) is 20.0. The van der Waals surface area contributed by atoms with E-state index in [1.807, 2.05) is 19.3 Å². The van der Waals surface area contributed by atoms with Gasteiger partial charge >= 0.3 is 0 Å². The molecule has 1 aliphatic rings. The van der Waals surface area contributed by atoms with Crippen LogP contribution >= 0.6 is 0 Å². The second-order valence-corrected chi connectivity index (χ2v) is 9.47. The van der Waals surface area contributed by atoms with Crippen LogP contribution in [0.3, 0.4) is 0 Å². The Morgan fingerprint density at radius 3 is 2.82 bits per heavy atom. The molecule has 0 spiro atoms. The molecule has 5 rings (SSSR count). The largest absolute Gasteiger partial charge is 0.494 e. The molecule has 4 heterocycles. The number of nitrogen functional groups attached to an aromatic ring is 1. The molecule has 0 radical (unpaired) electrons. The minimum Gasteiger partial charge on any atom is -0.494 e. The fourth-order valence-electron chi connectivity index (χ4n) is 4.43. The molecule has 2 atom stereocenters. The highest BCUT2D eigenvalue weighted by atomic mass is 19.1. The van der Waals surface area contributed by atoms with Gasteiger partial charge in [0.15, 0.2) is 23.0 Å².